The van der Waals surface area contributed by atoms with Crippen LogP contribution in [0.15, 0.2) is 18.2 Å². The van der Waals surface area contributed by atoms with Gasteiger partial charge in [-0.15, -0.1) is 0 Å². The Labute approximate surface area is 117 Å². The predicted molar refractivity (Wildman–Crippen MR) is 80.1 cm³/mol. The van der Waals surface area contributed by atoms with E-state index in [0.717, 1.165) is 0 Å². The lowest BCUT2D eigenvalue weighted by Gasteiger charge is -2.24. The third kappa shape index (κ3) is 5.43. The van der Waals surface area contributed by atoms with Gasteiger partial charge >= 0.3 is 0 Å². The summed E-state index contributed by atoms with van der Waals surface area (Å²) in [7, 11) is 1.85. The predicted octanol–water partition coefficient (Wildman–Crippen LogP) is 2.65. The summed E-state index contributed by atoms with van der Waals surface area (Å²) < 4.78 is 0. The highest BCUT2D eigenvalue weighted by molar-refractivity contribution is 5.78. The molecular weight excluding hydrogens is 236 g/mol. The Bertz CT molecular complexity index is 447. The third-order valence-electron chi connectivity index (χ3n) is 3.10. The van der Waals surface area contributed by atoms with Crippen molar-refractivity contribution in [3.05, 3.63) is 34.9 Å². The first kappa shape index (κ1) is 15.7. The van der Waals surface area contributed by atoms with Crippen LogP contribution in [-0.4, -0.2) is 29.9 Å². The van der Waals surface area contributed by atoms with Gasteiger partial charge in [0.15, 0.2) is 0 Å². The summed E-state index contributed by atoms with van der Waals surface area (Å²) in [6.45, 7) is 11.4. The molecule has 19 heavy (non-hydrogen) atoms. The monoisotopic (exact) mass is 262 g/mol. The van der Waals surface area contributed by atoms with E-state index in [4.69, 9.17) is 0 Å². The molecule has 0 spiro atoms. The summed E-state index contributed by atoms with van der Waals surface area (Å²) in [6.07, 6.45) is 0. The number of hydrogen-bond acceptors (Lipinski definition) is 2. The highest BCUT2D eigenvalue weighted by atomic mass is 16.2. The molecule has 0 bridgehead atoms. The minimum Gasteiger partial charge on any atom is -0.340 e. The molecule has 1 aromatic rings. The zero-order valence-electron chi connectivity index (χ0n) is 13.0. The number of hydrogen-bond donors (Lipinski definition) is 1. The van der Waals surface area contributed by atoms with E-state index in [2.05, 4.69) is 58.1 Å². The lowest BCUT2D eigenvalue weighted by atomic mass is 10.1. The van der Waals surface area contributed by atoms with E-state index < -0.39 is 0 Å². The molecule has 0 atom stereocenters. The fraction of sp³-hybridized carbons (Fsp3) is 0.562. The van der Waals surface area contributed by atoms with Gasteiger partial charge in [-0.1, -0.05) is 23.8 Å². The maximum atomic E-state index is 12.0. The molecule has 1 amide bonds. The van der Waals surface area contributed by atoms with Crippen LogP contribution in [0.3, 0.4) is 0 Å². The van der Waals surface area contributed by atoms with Gasteiger partial charge in [0.1, 0.15) is 0 Å². The molecule has 3 heteroatoms. The highest BCUT2D eigenvalue weighted by Gasteiger charge is 2.14. The maximum absolute atomic E-state index is 12.0. The quantitative estimate of drug-likeness (QED) is 0.904. The summed E-state index contributed by atoms with van der Waals surface area (Å²) in [6, 6.07) is 6.35. The van der Waals surface area contributed by atoms with Crippen LogP contribution in [0.25, 0.3) is 0 Å². The third-order valence-corrected chi connectivity index (χ3v) is 3.10. The van der Waals surface area contributed by atoms with E-state index in [1.165, 1.54) is 16.7 Å². The average Bonchev–Trinajstić information content (AvgIpc) is 2.28. The number of benzene rings is 1. The van der Waals surface area contributed by atoms with E-state index in [9.17, 15) is 4.79 Å². The van der Waals surface area contributed by atoms with Crippen LogP contribution in [0.4, 0.5) is 0 Å². The van der Waals surface area contributed by atoms with Crippen molar-refractivity contribution in [2.75, 3.05) is 13.6 Å². The van der Waals surface area contributed by atoms with Crippen molar-refractivity contribution in [2.24, 2.45) is 0 Å². The van der Waals surface area contributed by atoms with Crippen LogP contribution < -0.4 is 5.32 Å². The number of nitrogens with zero attached hydrogens (tertiary/aromatic N) is 1. The van der Waals surface area contributed by atoms with E-state index in [-0.39, 0.29) is 11.4 Å². The van der Waals surface area contributed by atoms with Crippen LogP contribution >= 0.6 is 0 Å². The van der Waals surface area contributed by atoms with Crippen LogP contribution in [0.1, 0.15) is 37.5 Å². The fourth-order valence-electron chi connectivity index (χ4n) is 1.84. The minimum absolute atomic E-state index is 0.0315. The van der Waals surface area contributed by atoms with Crippen LogP contribution in [0.5, 0.6) is 0 Å². The molecule has 0 radical (unpaired) electrons. The number of amides is 1. The zero-order chi connectivity index (χ0) is 14.6. The lowest BCUT2D eigenvalue weighted by Crippen LogP contribution is -2.43. The van der Waals surface area contributed by atoms with Crippen LogP contribution in [0.2, 0.25) is 0 Å². The van der Waals surface area contributed by atoms with Gasteiger partial charge in [0, 0.05) is 19.1 Å². The Morgan fingerprint density at radius 2 is 1.89 bits per heavy atom. The van der Waals surface area contributed by atoms with Crippen molar-refractivity contribution >= 4 is 5.91 Å². The molecule has 0 saturated carbocycles. The Balaban J connectivity index is 2.59. The smallest absolute Gasteiger partial charge is 0.236 e. The summed E-state index contributed by atoms with van der Waals surface area (Å²) in [5.74, 6) is 0.120. The summed E-state index contributed by atoms with van der Waals surface area (Å²) in [5, 5.41) is 3.22. The maximum Gasteiger partial charge on any atom is 0.236 e. The second-order valence-electron chi connectivity index (χ2n) is 6.28. The number of aryl methyl sites for hydroxylation is 2. The van der Waals surface area contributed by atoms with Crippen molar-refractivity contribution in [1.82, 2.24) is 10.2 Å². The van der Waals surface area contributed by atoms with Crippen molar-refractivity contribution < 1.29 is 4.79 Å². The van der Waals surface area contributed by atoms with Gasteiger partial charge in [-0.3, -0.25) is 4.79 Å². The van der Waals surface area contributed by atoms with Gasteiger partial charge in [0.25, 0.3) is 0 Å². The molecule has 1 rings (SSSR count). The molecule has 1 aromatic carbocycles. The summed E-state index contributed by atoms with van der Waals surface area (Å²) in [4.78, 5) is 13.8. The second-order valence-corrected chi connectivity index (χ2v) is 6.28. The normalized spacial score (nSPS) is 11.5. The Hall–Kier alpha value is -1.35. The highest BCUT2D eigenvalue weighted by Crippen LogP contribution is 2.12. The molecule has 0 aromatic heterocycles. The largest absolute Gasteiger partial charge is 0.340 e. The molecule has 0 heterocycles. The van der Waals surface area contributed by atoms with Gasteiger partial charge < -0.3 is 10.2 Å². The molecule has 3 nitrogen and oxygen atoms in total. The Kier molecular flexibility index (Phi) is 5.12. The fourth-order valence-corrected chi connectivity index (χ4v) is 1.84. The molecule has 0 aliphatic carbocycles. The molecule has 0 fully saturated rings. The number of carbonyl (C=O) groups is 1. The van der Waals surface area contributed by atoms with Crippen LogP contribution in [-0.2, 0) is 11.3 Å². The number of nitrogens with one attached hydrogen (secondary N) is 1. The van der Waals surface area contributed by atoms with Gasteiger partial charge in [-0.2, -0.15) is 0 Å². The van der Waals surface area contributed by atoms with Crippen molar-refractivity contribution in [3.8, 4) is 0 Å². The summed E-state index contributed by atoms with van der Waals surface area (Å²) in [5.41, 5.74) is 3.67. The first-order valence-corrected chi connectivity index (χ1v) is 6.74. The Morgan fingerprint density at radius 3 is 2.42 bits per heavy atom. The van der Waals surface area contributed by atoms with Crippen molar-refractivity contribution in [2.45, 2.75) is 46.7 Å². The molecule has 1 N–H and O–H groups in total. The number of carbonyl (C=O) groups excluding carboxylic acids is 1. The molecule has 0 aliphatic heterocycles. The van der Waals surface area contributed by atoms with E-state index >= 15 is 0 Å². The molecule has 106 valence electrons. The van der Waals surface area contributed by atoms with Gasteiger partial charge in [0.2, 0.25) is 5.91 Å². The molecule has 0 saturated heterocycles. The average molecular weight is 262 g/mol. The van der Waals surface area contributed by atoms with E-state index in [1.54, 1.807) is 4.90 Å². The molecule has 0 aliphatic rings. The number of rotatable bonds is 4. The van der Waals surface area contributed by atoms with E-state index in [0.29, 0.717) is 13.1 Å². The van der Waals surface area contributed by atoms with Gasteiger partial charge in [-0.05, 0) is 45.7 Å². The first-order chi connectivity index (χ1) is 8.69. The minimum atomic E-state index is -0.0315. The molecular formula is C16H26N2O. The van der Waals surface area contributed by atoms with Gasteiger partial charge in [0.05, 0.1) is 6.54 Å². The Morgan fingerprint density at radius 1 is 1.26 bits per heavy atom. The SMILES string of the molecule is Cc1ccc(CN(C)C(=O)CNC(C)(C)C)c(C)c1. The topological polar surface area (TPSA) is 32.3 Å². The van der Waals surface area contributed by atoms with E-state index in [1.807, 2.05) is 7.05 Å². The molecule has 0 unspecified atom stereocenters. The van der Waals surface area contributed by atoms with Crippen LogP contribution in [0, 0.1) is 13.8 Å². The van der Waals surface area contributed by atoms with Gasteiger partial charge in [-0.25, -0.2) is 0 Å². The second kappa shape index (κ2) is 6.20. The standard InChI is InChI=1S/C16H26N2O/c1-12-7-8-14(13(2)9-12)11-18(6)15(19)10-17-16(3,4)5/h7-9,17H,10-11H2,1-6H3. The number of likely N-dealkylation sites (N-methyl/N-ethyl adjacent to an activating group) is 1. The lowest BCUT2D eigenvalue weighted by molar-refractivity contribution is -0.129. The van der Waals surface area contributed by atoms with Crippen molar-refractivity contribution in [1.29, 1.82) is 0 Å². The zero-order valence-corrected chi connectivity index (χ0v) is 13.0. The summed E-state index contributed by atoms with van der Waals surface area (Å²) >= 11 is 0. The van der Waals surface area contributed by atoms with Crippen molar-refractivity contribution in [3.63, 3.8) is 0 Å². The first-order valence-electron chi connectivity index (χ1n) is 6.74.